The van der Waals surface area contributed by atoms with Crippen LogP contribution in [0.1, 0.15) is 22.8 Å². The first-order chi connectivity index (χ1) is 8.17. The van der Waals surface area contributed by atoms with E-state index in [1.165, 1.54) is 0 Å². The summed E-state index contributed by atoms with van der Waals surface area (Å²) in [7, 11) is 4.92. The third-order valence-corrected chi connectivity index (χ3v) is 2.63. The molecule has 4 nitrogen and oxygen atoms in total. The predicted molar refractivity (Wildman–Crippen MR) is 67.2 cm³/mol. The second-order valence-corrected chi connectivity index (χ2v) is 3.66. The maximum Gasteiger partial charge on any atom is 0.177 e. The highest BCUT2D eigenvalue weighted by Gasteiger charge is 2.16. The van der Waals surface area contributed by atoms with Crippen molar-refractivity contribution in [3.63, 3.8) is 0 Å². The van der Waals surface area contributed by atoms with Crippen molar-refractivity contribution in [2.45, 2.75) is 13.3 Å². The largest absolute Gasteiger partial charge is 0.497 e. The number of rotatable bonds is 6. The average molecular weight is 237 g/mol. The molecule has 1 rings (SSSR count). The Labute approximate surface area is 102 Å². The molecular weight excluding hydrogens is 218 g/mol. The van der Waals surface area contributed by atoms with Crippen molar-refractivity contribution >= 4 is 5.78 Å². The van der Waals surface area contributed by atoms with Crippen molar-refractivity contribution in [1.29, 1.82) is 0 Å². The molecule has 0 aliphatic heterocycles. The van der Waals surface area contributed by atoms with E-state index in [0.717, 1.165) is 12.0 Å². The van der Waals surface area contributed by atoms with Crippen LogP contribution in [-0.4, -0.2) is 33.6 Å². The summed E-state index contributed by atoms with van der Waals surface area (Å²) in [6, 6.07) is 3.57. The lowest BCUT2D eigenvalue weighted by Gasteiger charge is -2.14. The van der Waals surface area contributed by atoms with Crippen LogP contribution in [0.25, 0.3) is 0 Å². The zero-order valence-corrected chi connectivity index (χ0v) is 10.8. The zero-order chi connectivity index (χ0) is 12.8. The smallest absolute Gasteiger partial charge is 0.177 e. The van der Waals surface area contributed by atoms with Crippen LogP contribution >= 0.6 is 0 Å². The molecule has 0 spiro atoms. The molecule has 0 bridgehead atoms. The van der Waals surface area contributed by atoms with E-state index in [9.17, 15) is 4.79 Å². The molecule has 0 saturated heterocycles. The van der Waals surface area contributed by atoms with Gasteiger partial charge in [-0.15, -0.1) is 0 Å². The number of Topliss-reactive ketones (excluding diaryl/α,β-unsaturated/α-hetero) is 1. The van der Waals surface area contributed by atoms with Crippen molar-refractivity contribution in [3.05, 3.63) is 23.3 Å². The highest BCUT2D eigenvalue weighted by molar-refractivity contribution is 6.00. The Kier molecular flexibility index (Phi) is 4.97. The molecule has 0 aliphatic rings. The van der Waals surface area contributed by atoms with Gasteiger partial charge in [0.05, 0.1) is 20.8 Å². The van der Waals surface area contributed by atoms with Gasteiger partial charge in [0.2, 0.25) is 0 Å². The Morgan fingerprint density at radius 2 is 2.00 bits per heavy atom. The third-order valence-electron chi connectivity index (χ3n) is 2.63. The Balaban J connectivity index is 3.28. The molecular formula is C13H19NO3. The highest BCUT2D eigenvalue weighted by atomic mass is 16.5. The highest BCUT2D eigenvalue weighted by Crippen LogP contribution is 2.29. The number of likely N-dealkylation sites (N-methyl/N-ethyl adjacent to an activating group) is 1. The van der Waals surface area contributed by atoms with Crippen LogP contribution in [0.2, 0.25) is 0 Å². The number of ketones is 1. The summed E-state index contributed by atoms with van der Waals surface area (Å²) in [4.78, 5) is 12.0. The average Bonchev–Trinajstić information content (AvgIpc) is 2.37. The lowest BCUT2D eigenvalue weighted by Crippen LogP contribution is -2.20. The number of methoxy groups -OCH3 is 2. The van der Waals surface area contributed by atoms with Crippen LogP contribution in [0.5, 0.6) is 11.5 Å². The van der Waals surface area contributed by atoms with E-state index in [2.05, 4.69) is 5.32 Å². The maximum absolute atomic E-state index is 12.0. The lowest BCUT2D eigenvalue weighted by atomic mass is 9.99. The van der Waals surface area contributed by atoms with Crippen LogP contribution in [0.3, 0.4) is 0 Å². The molecule has 0 unspecified atom stereocenters. The van der Waals surface area contributed by atoms with Crippen LogP contribution in [0.15, 0.2) is 12.1 Å². The predicted octanol–water partition coefficient (Wildman–Crippen LogP) is 1.67. The molecule has 17 heavy (non-hydrogen) atoms. The SMILES string of the molecule is CCc1c(OC)cc(OC)cc1C(=O)CNC. The summed E-state index contributed by atoms with van der Waals surface area (Å²) in [5, 5.41) is 2.86. The summed E-state index contributed by atoms with van der Waals surface area (Å²) in [5.41, 5.74) is 1.59. The number of carbonyl (C=O) groups is 1. The minimum Gasteiger partial charge on any atom is -0.497 e. The number of ether oxygens (including phenoxy) is 2. The van der Waals surface area contributed by atoms with E-state index in [0.29, 0.717) is 23.6 Å². The number of benzene rings is 1. The standard InChI is InChI=1S/C13H19NO3/c1-5-10-11(12(15)8-14-2)6-9(16-3)7-13(10)17-4/h6-7,14H,5,8H2,1-4H3. The lowest BCUT2D eigenvalue weighted by molar-refractivity contribution is 0.0992. The molecule has 0 radical (unpaired) electrons. The van der Waals surface area contributed by atoms with Crippen molar-refractivity contribution in [2.24, 2.45) is 0 Å². The monoisotopic (exact) mass is 237 g/mol. The quantitative estimate of drug-likeness (QED) is 0.764. The fourth-order valence-electron chi connectivity index (χ4n) is 1.79. The molecule has 0 fully saturated rings. The van der Waals surface area contributed by atoms with E-state index in [1.807, 2.05) is 6.92 Å². The summed E-state index contributed by atoms with van der Waals surface area (Å²) >= 11 is 0. The summed E-state index contributed by atoms with van der Waals surface area (Å²) < 4.78 is 10.5. The van der Waals surface area contributed by atoms with Crippen molar-refractivity contribution in [3.8, 4) is 11.5 Å². The Morgan fingerprint density at radius 1 is 1.29 bits per heavy atom. The fraction of sp³-hybridized carbons (Fsp3) is 0.462. The van der Waals surface area contributed by atoms with Gasteiger partial charge in [0, 0.05) is 17.2 Å². The van der Waals surface area contributed by atoms with E-state index in [4.69, 9.17) is 9.47 Å². The van der Waals surface area contributed by atoms with Crippen LogP contribution < -0.4 is 14.8 Å². The molecule has 94 valence electrons. The van der Waals surface area contributed by atoms with E-state index in [-0.39, 0.29) is 5.78 Å². The first-order valence-corrected chi connectivity index (χ1v) is 5.60. The van der Waals surface area contributed by atoms with Crippen LogP contribution in [0, 0.1) is 0 Å². The van der Waals surface area contributed by atoms with Gasteiger partial charge in [0.25, 0.3) is 0 Å². The second kappa shape index (κ2) is 6.25. The Bertz CT molecular complexity index is 402. The van der Waals surface area contributed by atoms with Crippen molar-refractivity contribution in [1.82, 2.24) is 5.32 Å². The van der Waals surface area contributed by atoms with E-state index >= 15 is 0 Å². The van der Waals surface area contributed by atoms with Gasteiger partial charge in [-0.1, -0.05) is 6.92 Å². The molecule has 0 amide bonds. The minimum atomic E-state index is 0.0431. The van der Waals surface area contributed by atoms with E-state index < -0.39 is 0 Å². The number of hydrogen-bond donors (Lipinski definition) is 1. The minimum absolute atomic E-state index is 0.0431. The topological polar surface area (TPSA) is 47.6 Å². The molecule has 0 saturated carbocycles. The number of nitrogens with one attached hydrogen (secondary N) is 1. The van der Waals surface area contributed by atoms with E-state index in [1.54, 1.807) is 33.4 Å². The van der Waals surface area contributed by atoms with Gasteiger partial charge in [-0.25, -0.2) is 0 Å². The van der Waals surface area contributed by atoms with Crippen LogP contribution in [0.4, 0.5) is 0 Å². The third kappa shape index (κ3) is 2.97. The van der Waals surface area contributed by atoms with Gasteiger partial charge < -0.3 is 14.8 Å². The molecule has 4 heteroatoms. The molecule has 1 N–H and O–H groups in total. The molecule has 1 aromatic carbocycles. The van der Waals surface area contributed by atoms with Gasteiger partial charge >= 0.3 is 0 Å². The second-order valence-electron chi connectivity index (χ2n) is 3.66. The van der Waals surface area contributed by atoms with Gasteiger partial charge in [0.15, 0.2) is 5.78 Å². The van der Waals surface area contributed by atoms with Gasteiger partial charge in [-0.2, -0.15) is 0 Å². The fourth-order valence-corrected chi connectivity index (χ4v) is 1.79. The van der Waals surface area contributed by atoms with Gasteiger partial charge in [-0.3, -0.25) is 4.79 Å². The maximum atomic E-state index is 12.0. The first kappa shape index (κ1) is 13.5. The Hall–Kier alpha value is -1.55. The number of carbonyl (C=O) groups excluding carboxylic acids is 1. The van der Waals surface area contributed by atoms with Gasteiger partial charge in [0.1, 0.15) is 11.5 Å². The normalized spacial score (nSPS) is 10.1. The van der Waals surface area contributed by atoms with Crippen LogP contribution in [-0.2, 0) is 6.42 Å². The molecule has 0 aliphatic carbocycles. The zero-order valence-electron chi connectivity index (χ0n) is 10.8. The van der Waals surface area contributed by atoms with Crippen molar-refractivity contribution in [2.75, 3.05) is 27.8 Å². The summed E-state index contributed by atoms with van der Waals surface area (Å²) in [5.74, 6) is 1.38. The first-order valence-electron chi connectivity index (χ1n) is 5.60. The molecule has 0 atom stereocenters. The molecule has 0 heterocycles. The number of hydrogen-bond acceptors (Lipinski definition) is 4. The van der Waals surface area contributed by atoms with Crippen molar-refractivity contribution < 1.29 is 14.3 Å². The molecule has 0 aromatic heterocycles. The van der Waals surface area contributed by atoms with Gasteiger partial charge in [-0.05, 0) is 19.5 Å². The Morgan fingerprint density at radius 3 is 2.47 bits per heavy atom. The molecule has 1 aromatic rings. The summed E-state index contributed by atoms with van der Waals surface area (Å²) in [6.45, 7) is 2.31. The summed E-state index contributed by atoms with van der Waals surface area (Å²) in [6.07, 6.45) is 0.748.